The van der Waals surface area contributed by atoms with Crippen LogP contribution in [-0.4, -0.2) is 5.84 Å². The van der Waals surface area contributed by atoms with Gasteiger partial charge in [0, 0.05) is 0 Å². The summed E-state index contributed by atoms with van der Waals surface area (Å²) in [5.74, 6) is 0.351. The van der Waals surface area contributed by atoms with Crippen LogP contribution in [0.15, 0.2) is 36.4 Å². The first kappa shape index (κ1) is 13.4. The number of halogens is 2. The Kier molecular flexibility index (Phi) is 3.71. The van der Waals surface area contributed by atoms with Crippen molar-refractivity contribution >= 4 is 17.4 Å². The van der Waals surface area contributed by atoms with E-state index in [9.17, 15) is 4.39 Å². The quantitative estimate of drug-likeness (QED) is 0.661. The van der Waals surface area contributed by atoms with Crippen LogP contribution in [0.5, 0.6) is 11.5 Å². The zero-order valence-corrected chi connectivity index (χ0v) is 11.0. The number of aryl methyl sites for hydroxylation is 1. The predicted molar refractivity (Wildman–Crippen MR) is 73.7 cm³/mol. The minimum absolute atomic E-state index is 0.180. The van der Waals surface area contributed by atoms with E-state index < -0.39 is 0 Å². The Bertz CT molecular complexity index is 643. The molecular weight excluding hydrogens is 267 g/mol. The average Bonchev–Trinajstić information content (AvgIpc) is 2.32. The summed E-state index contributed by atoms with van der Waals surface area (Å²) in [4.78, 5) is 0. The van der Waals surface area contributed by atoms with Gasteiger partial charge in [-0.3, -0.25) is 5.41 Å². The van der Waals surface area contributed by atoms with E-state index >= 15 is 0 Å². The zero-order chi connectivity index (χ0) is 14.0. The fraction of sp³-hybridized carbons (Fsp3) is 0.0714. The number of hydrogen-bond donors (Lipinski definition) is 2. The Morgan fingerprint density at radius 2 is 2.00 bits per heavy atom. The van der Waals surface area contributed by atoms with Gasteiger partial charge in [-0.1, -0.05) is 17.7 Å². The second-order valence-electron chi connectivity index (χ2n) is 4.04. The van der Waals surface area contributed by atoms with Gasteiger partial charge in [-0.15, -0.1) is 0 Å². The fourth-order valence-corrected chi connectivity index (χ4v) is 1.96. The number of amidine groups is 1. The molecule has 5 heteroatoms. The molecule has 0 aromatic heterocycles. The third-order valence-corrected chi connectivity index (χ3v) is 2.92. The van der Waals surface area contributed by atoms with Crippen LogP contribution < -0.4 is 10.5 Å². The normalized spacial score (nSPS) is 10.3. The molecule has 3 N–H and O–H groups in total. The number of hydrogen-bond acceptors (Lipinski definition) is 2. The summed E-state index contributed by atoms with van der Waals surface area (Å²) in [6, 6.07) is 9.18. The van der Waals surface area contributed by atoms with Gasteiger partial charge < -0.3 is 10.5 Å². The van der Waals surface area contributed by atoms with Crippen LogP contribution in [0.1, 0.15) is 11.1 Å². The smallest absolute Gasteiger partial charge is 0.139 e. The molecule has 0 amide bonds. The van der Waals surface area contributed by atoms with Gasteiger partial charge in [-0.2, -0.15) is 0 Å². The highest BCUT2D eigenvalue weighted by Gasteiger charge is 2.13. The molecule has 0 atom stereocenters. The van der Waals surface area contributed by atoms with Crippen molar-refractivity contribution in [2.24, 2.45) is 5.73 Å². The van der Waals surface area contributed by atoms with Crippen molar-refractivity contribution in [2.75, 3.05) is 0 Å². The first-order chi connectivity index (χ1) is 8.99. The Hall–Kier alpha value is -2.07. The van der Waals surface area contributed by atoms with E-state index in [1.807, 2.05) is 0 Å². The second kappa shape index (κ2) is 5.28. The van der Waals surface area contributed by atoms with E-state index in [1.165, 1.54) is 18.2 Å². The molecule has 2 aromatic rings. The van der Waals surface area contributed by atoms with E-state index in [-0.39, 0.29) is 11.7 Å². The van der Waals surface area contributed by atoms with E-state index in [0.717, 1.165) is 0 Å². The van der Waals surface area contributed by atoms with Gasteiger partial charge in [-0.25, -0.2) is 4.39 Å². The molecular formula is C14H12ClFN2O. The lowest BCUT2D eigenvalue weighted by atomic mass is 10.1. The van der Waals surface area contributed by atoms with Crippen molar-refractivity contribution in [2.45, 2.75) is 6.92 Å². The molecule has 2 aromatic carbocycles. The number of rotatable bonds is 3. The number of benzene rings is 2. The molecule has 98 valence electrons. The number of nitrogen functional groups attached to an aromatic ring is 1. The number of ether oxygens (including phenoxy) is 1. The molecule has 0 unspecified atom stereocenters. The maximum atomic E-state index is 13.0. The van der Waals surface area contributed by atoms with Crippen LogP contribution in [0.25, 0.3) is 0 Å². The molecule has 19 heavy (non-hydrogen) atoms. The molecule has 0 radical (unpaired) electrons. The fourth-order valence-electron chi connectivity index (χ4n) is 1.70. The van der Waals surface area contributed by atoms with E-state index in [2.05, 4.69) is 0 Å². The van der Waals surface area contributed by atoms with Gasteiger partial charge in [0.2, 0.25) is 0 Å². The zero-order valence-electron chi connectivity index (χ0n) is 10.2. The maximum absolute atomic E-state index is 13.0. The molecule has 3 nitrogen and oxygen atoms in total. The van der Waals surface area contributed by atoms with Crippen LogP contribution in [-0.2, 0) is 0 Å². The first-order valence-corrected chi connectivity index (χ1v) is 5.93. The predicted octanol–water partition coefficient (Wildman–Crippen LogP) is 3.86. The van der Waals surface area contributed by atoms with Crippen molar-refractivity contribution < 1.29 is 9.13 Å². The molecule has 2 rings (SSSR count). The molecule has 0 spiro atoms. The summed E-state index contributed by atoms with van der Waals surface area (Å²) >= 11 is 5.99. The van der Waals surface area contributed by atoms with Crippen LogP contribution in [0.3, 0.4) is 0 Å². The third kappa shape index (κ3) is 2.85. The third-order valence-electron chi connectivity index (χ3n) is 2.60. The summed E-state index contributed by atoms with van der Waals surface area (Å²) in [5, 5.41) is 7.86. The molecule has 0 aliphatic rings. The van der Waals surface area contributed by atoms with E-state index in [1.54, 1.807) is 25.1 Å². The van der Waals surface area contributed by atoms with Gasteiger partial charge in [0.05, 0.1) is 10.6 Å². The summed E-state index contributed by atoms with van der Waals surface area (Å²) < 4.78 is 18.7. The molecule has 0 heterocycles. The molecule has 0 saturated heterocycles. The van der Waals surface area contributed by atoms with Crippen molar-refractivity contribution in [3.63, 3.8) is 0 Å². The van der Waals surface area contributed by atoms with Crippen molar-refractivity contribution in [1.29, 1.82) is 5.41 Å². The van der Waals surface area contributed by atoms with Gasteiger partial charge in [-0.05, 0) is 42.8 Å². The Morgan fingerprint density at radius 1 is 1.26 bits per heavy atom. The summed E-state index contributed by atoms with van der Waals surface area (Å²) in [7, 11) is 0. The lowest BCUT2D eigenvalue weighted by molar-refractivity contribution is 0.475. The standard InChI is InChI=1S/C14H12ClFN2O/c1-8-7-9(16)5-6-11(8)19-12-4-2-3-10(15)13(12)14(17)18/h2-7H,1H3,(H3,17,18). The monoisotopic (exact) mass is 278 g/mol. The Labute approximate surface area is 115 Å². The molecule has 0 aliphatic heterocycles. The minimum atomic E-state index is -0.331. The van der Waals surface area contributed by atoms with E-state index in [0.29, 0.717) is 27.6 Å². The lowest BCUT2D eigenvalue weighted by Gasteiger charge is -2.13. The SMILES string of the molecule is Cc1cc(F)ccc1Oc1cccc(Cl)c1C(=N)N. The van der Waals surface area contributed by atoms with Crippen LogP contribution in [0.4, 0.5) is 4.39 Å². The van der Waals surface area contributed by atoms with Gasteiger partial charge in [0.15, 0.2) is 0 Å². The molecule has 0 aliphatic carbocycles. The largest absolute Gasteiger partial charge is 0.456 e. The van der Waals surface area contributed by atoms with Gasteiger partial charge in [0.25, 0.3) is 0 Å². The number of nitrogens with two attached hydrogens (primary N) is 1. The van der Waals surface area contributed by atoms with Gasteiger partial charge in [0.1, 0.15) is 23.2 Å². The molecule has 0 bridgehead atoms. The molecule has 0 fully saturated rings. The topological polar surface area (TPSA) is 59.1 Å². The summed E-state index contributed by atoms with van der Waals surface area (Å²) in [5.41, 5.74) is 6.46. The van der Waals surface area contributed by atoms with Crippen molar-refractivity contribution in [1.82, 2.24) is 0 Å². The Morgan fingerprint density at radius 3 is 2.63 bits per heavy atom. The highest BCUT2D eigenvalue weighted by Crippen LogP contribution is 2.31. The van der Waals surface area contributed by atoms with Gasteiger partial charge >= 0.3 is 0 Å². The first-order valence-electron chi connectivity index (χ1n) is 5.56. The minimum Gasteiger partial charge on any atom is -0.456 e. The second-order valence-corrected chi connectivity index (χ2v) is 4.45. The maximum Gasteiger partial charge on any atom is 0.139 e. The summed E-state index contributed by atoms with van der Waals surface area (Å²) in [6.45, 7) is 1.73. The van der Waals surface area contributed by atoms with E-state index in [4.69, 9.17) is 27.5 Å². The highest BCUT2D eigenvalue weighted by atomic mass is 35.5. The number of nitrogens with one attached hydrogen (secondary N) is 1. The van der Waals surface area contributed by atoms with Crippen LogP contribution in [0, 0.1) is 18.2 Å². The van der Waals surface area contributed by atoms with Crippen molar-refractivity contribution in [3.8, 4) is 11.5 Å². The van der Waals surface area contributed by atoms with Crippen molar-refractivity contribution in [3.05, 3.63) is 58.4 Å². The highest BCUT2D eigenvalue weighted by molar-refractivity contribution is 6.34. The molecule has 0 saturated carbocycles. The summed E-state index contributed by atoms with van der Waals surface area (Å²) in [6.07, 6.45) is 0. The average molecular weight is 279 g/mol. The lowest BCUT2D eigenvalue weighted by Crippen LogP contribution is -2.13. The van der Waals surface area contributed by atoms with Crippen LogP contribution >= 0.6 is 11.6 Å². The Balaban J connectivity index is 2.44. The van der Waals surface area contributed by atoms with Crippen LogP contribution in [0.2, 0.25) is 5.02 Å².